The van der Waals surface area contributed by atoms with Gasteiger partial charge in [0, 0.05) is 18.4 Å². The Morgan fingerprint density at radius 2 is 1.72 bits per heavy atom. The van der Waals surface area contributed by atoms with Gasteiger partial charge in [0.2, 0.25) is 0 Å². The Balaban J connectivity index is 1.42. The van der Waals surface area contributed by atoms with Gasteiger partial charge in [0.15, 0.2) is 5.65 Å². The van der Waals surface area contributed by atoms with Crippen molar-refractivity contribution in [3.8, 4) is 11.1 Å². The largest absolute Gasteiger partial charge is 0.422 e. The predicted octanol–water partition coefficient (Wildman–Crippen LogP) is 4.43. The average molecular weight is 428 g/mol. The van der Waals surface area contributed by atoms with Gasteiger partial charge in [-0.15, -0.1) is 4.73 Å². The number of likely N-dealkylation sites (tertiary alicyclic amines) is 1. The predicted molar refractivity (Wildman–Crippen MR) is 125 cm³/mol. The van der Waals surface area contributed by atoms with Gasteiger partial charge in [0.1, 0.15) is 5.82 Å². The molecule has 2 aromatic carbocycles. The zero-order chi connectivity index (χ0) is 21.9. The molecule has 7 nitrogen and oxygen atoms in total. The minimum atomic E-state index is -0.778. The van der Waals surface area contributed by atoms with E-state index >= 15 is 0 Å². The van der Waals surface area contributed by atoms with Crippen LogP contribution in [0.5, 0.6) is 0 Å². The summed E-state index contributed by atoms with van der Waals surface area (Å²) in [6.07, 6.45) is 5.43. The lowest BCUT2D eigenvalue weighted by atomic mass is 10.0. The Kier molecular flexibility index (Phi) is 5.56. The van der Waals surface area contributed by atoms with Crippen LogP contribution in [-0.4, -0.2) is 37.9 Å². The normalized spacial score (nSPS) is 14.5. The van der Waals surface area contributed by atoms with Gasteiger partial charge in [0.25, 0.3) is 0 Å². The molecule has 2 aromatic heterocycles. The lowest BCUT2D eigenvalue weighted by molar-refractivity contribution is 0.182. The van der Waals surface area contributed by atoms with Crippen LogP contribution >= 0.6 is 0 Å². The van der Waals surface area contributed by atoms with E-state index in [0.717, 1.165) is 23.4 Å². The molecule has 32 heavy (non-hydrogen) atoms. The first kappa shape index (κ1) is 20.2. The molecule has 7 heteroatoms. The summed E-state index contributed by atoms with van der Waals surface area (Å²) in [5.41, 5.74) is 3.73. The third-order valence-corrected chi connectivity index (χ3v) is 5.87. The van der Waals surface area contributed by atoms with Crippen LogP contribution in [0.1, 0.15) is 24.8 Å². The van der Waals surface area contributed by atoms with Crippen molar-refractivity contribution in [2.24, 2.45) is 0 Å². The highest BCUT2D eigenvalue weighted by Gasteiger charge is 2.12. The van der Waals surface area contributed by atoms with E-state index in [2.05, 4.69) is 50.5 Å². The molecular formula is C25H25N5O2. The molecule has 0 bridgehead atoms. The minimum absolute atomic E-state index is 0.163. The van der Waals surface area contributed by atoms with Gasteiger partial charge < -0.3 is 10.5 Å². The number of nitrogens with zero attached hydrogens (tertiary/aromatic N) is 4. The molecule has 0 radical (unpaired) electrons. The van der Waals surface area contributed by atoms with Crippen molar-refractivity contribution >= 4 is 22.5 Å². The quantitative estimate of drug-likeness (QED) is 0.459. The number of rotatable bonds is 5. The Bertz CT molecular complexity index is 1310. The monoisotopic (exact) mass is 427 g/mol. The Hall–Kier alpha value is -3.71. The molecule has 5 rings (SSSR count). The smallest absolute Gasteiger partial charge is 0.384 e. The zero-order valence-electron chi connectivity index (χ0n) is 17.7. The van der Waals surface area contributed by atoms with E-state index in [0.29, 0.717) is 15.9 Å². The summed E-state index contributed by atoms with van der Waals surface area (Å²) in [5.74, 6) is 0.361. The summed E-state index contributed by atoms with van der Waals surface area (Å²) < 4.78 is 0.463. The molecule has 0 aliphatic carbocycles. The van der Waals surface area contributed by atoms with Crippen molar-refractivity contribution in [1.82, 2.24) is 19.6 Å². The first-order valence-electron chi connectivity index (χ1n) is 10.9. The first-order chi connectivity index (χ1) is 15.7. The lowest BCUT2D eigenvalue weighted by Gasteiger charge is -2.26. The molecule has 4 aromatic rings. The number of hydrogen-bond acceptors (Lipinski definition) is 6. The van der Waals surface area contributed by atoms with Gasteiger partial charge in [-0.2, -0.15) is 4.98 Å². The molecule has 0 unspecified atom stereocenters. The van der Waals surface area contributed by atoms with E-state index in [9.17, 15) is 10.0 Å². The molecule has 2 N–H and O–H groups in total. The van der Waals surface area contributed by atoms with Crippen molar-refractivity contribution in [2.75, 3.05) is 18.4 Å². The first-order valence-corrected chi connectivity index (χ1v) is 10.9. The lowest BCUT2D eigenvalue weighted by Crippen LogP contribution is -2.29. The second-order valence-corrected chi connectivity index (χ2v) is 8.17. The van der Waals surface area contributed by atoms with Gasteiger partial charge in [-0.1, -0.05) is 36.8 Å². The van der Waals surface area contributed by atoms with Crippen LogP contribution in [0.2, 0.25) is 0 Å². The number of pyridine rings is 1. The summed E-state index contributed by atoms with van der Waals surface area (Å²) in [5, 5.41) is 13.7. The van der Waals surface area contributed by atoms with Gasteiger partial charge in [-0.05, 0) is 73.0 Å². The summed E-state index contributed by atoms with van der Waals surface area (Å²) in [7, 11) is 0. The van der Waals surface area contributed by atoms with E-state index in [4.69, 9.17) is 0 Å². The maximum atomic E-state index is 12.1. The highest BCUT2D eigenvalue weighted by molar-refractivity contribution is 5.88. The minimum Gasteiger partial charge on any atom is -0.422 e. The SMILES string of the molecule is O=c1nc(Nc2cccc(-c3cccc(CN4CCCCC4)c3)c2)c2cccnc2n1O. The molecular weight excluding hydrogens is 402 g/mol. The van der Waals surface area contributed by atoms with Crippen molar-refractivity contribution in [3.63, 3.8) is 0 Å². The van der Waals surface area contributed by atoms with Crippen LogP contribution in [-0.2, 0) is 6.54 Å². The number of benzene rings is 2. The zero-order valence-corrected chi connectivity index (χ0v) is 17.7. The van der Waals surface area contributed by atoms with Gasteiger partial charge in [0.05, 0.1) is 5.39 Å². The fraction of sp³-hybridized carbons (Fsp3) is 0.240. The van der Waals surface area contributed by atoms with Gasteiger partial charge in [-0.3, -0.25) is 4.90 Å². The Labute approximate surface area is 185 Å². The number of anilines is 2. The summed E-state index contributed by atoms with van der Waals surface area (Å²) in [6, 6.07) is 20.2. The van der Waals surface area contributed by atoms with Crippen LogP contribution in [0.15, 0.2) is 71.7 Å². The van der Waals surface area contributed by atoms with E-state index < -0.39 is 5.69 Å². The number of hydrogen-bond donors (Lipinski definition) is 2. The second kappa shape index (κ2) is 8.80. The van der Waals surface area contributed by atoms with Crippen molar-refractivity contribution in [1.29, 1.82) is 0 Å². The summed E-state index contributed by atoms with van der Waals surface area (Å²) in [4.78, 5) is 22.6. The molecule has 3 heterocycles. The average Bonchev–Trinajstić information content (AvgIpc) is 2.83. The van der Waals surface area contributed by atoms with E-state index in [1.165, 1.54) is 44.1 Å². The number of piperidine rings is 1. The molecule has 0 spiro atoms. The molecule has 1 fully saturated rings. The van der Waals surface area contributed by atoms with Gasteiger partial charge in [-0.25, -0.2) is 9.78 Å². The Morgan fingerprint density at radius 3 is 2.56 bits per heavy atom. The van der Waals surface area contributed by atoms with Crippen molar-refractivity contribution < 1.29 is 5.21 Å². The maximum absolute atomic E-state index is 12.1. The van der Waals surface area contributed by atoms with Crippen molar-refractivity contribution in [2.45, 2.75) is 25.8 Å². The third kappa shape index (κ3) is 4.20. The Morgan fingerprint density at radius 1 is 0.938 bits per heavy atom. The summed E-state index contributed by atoms with van der Waals surface area (Å²) in [6.45, 7) is 3.32. The maximum Gasteiger partial charge on any atom is 0.384 e. The standard InChI is InChI=1S/C25H25N5O2/c31-25-28-23(22-11-6-12-26-24(22)30(25)32)27-21-10-5-9-20(16-21)19-8-4-7-18(15-19)17-29-13-2-1-3-14-29/h4-12,15-16,32H,1-3,13-14,17H2,(H,27,28,31). The van der Waals surface area contributed by atoms with E-state index in [1.54, 1.807) is 12.1 Å². The highest BCUT2D eigenvalue weighted by atomic mass is 16.5. The van der Waals surface area contributed by atoms with Crippen LogP contribution in [0.25, 0.3) is 22.2 Å². The molecule has 0 saturated carbocycles. The molecule has 162 valence electrons. The highest BCUT2D eigenvalue weighted by Crippen LogP contribution is 2.27. The third-order valence-electron chi connectivity index (χ3n) is 5.87. The number of aromatic nitrogens is 3. The fourth-order valence-corrected chi connectivity index (χ4v) is 4.28. The fourth-order valence-electron chi connectivity index (χ4n) is 4.28. The van der Waals surface area contributed by atoms with E-state index in [-0.39, 0.29) is 5.65 Å². The molecule has 0 amide bonds. The molecule has 0 atom stereocenters. The number of nitrogens with one attached hydrogen (secondary N) is 1. The molecule has 1 aliphatic rings. The van der Waals surface area contributed by atoms with Crippen LogP contribution in [0, 0.1) is 0 Å². The topological polar surface area (TPSA) is 83.3 Å². The number of fused-ring (bicyclic) bond motifs is 1. The van der Waals surface area contributed by atoms with E-state index in [1.807, 2.05) is 18.2 Å². The van der Waals surface area contributed by atoms with Crippen LogP contribution < -0.4 is 11.0 Å². The van der Waals surface area contributed by atoms with Crippen LogP contribution in [0.4, 0.5) is 11.5 Å². The van der Waals surface area contributed by atoms with Gasteiger partial charge >= 0.3 is 5.69 Å². The van der Waals surface area contributed by atoms with Crippen molar-refractivity contribution in [3.05, 3.63) is 82.9 Å². The molecule has 1 saturated heterocycles. The molecule has 1 aliphatic heterocycles. The second-order valence-electron chi connectivity index (χ2n) is 8.17. The van der Waals surface area contributed by atoms with Crippen LogP contribution in [0.3, 0.4) is 0 Å². The summed E-state index contributed by atoms with van der Waals surface area (Å²) >= 11 is 0.